The summed E-state index contributed by atoms with van der Waals surface area (Å²) in [5.74, 6) is 0.519. The minimum Gasteiger partial charge on any atom is -0.490 e. The maximum absolute atomic E-state index is 12.7. The summed E-state index contributed by atoms with van der Waals surface area (Å²) in [5, 5.41) is 11.1. The molecule has 1 aromatic heterocycles. The van der Waals surface area contributed by atoms with E-state index in [1.165, 1.54) is 17.6 Å². The van der Waals surface area contributed by atoms with Gasteiger partial charge < -0.3 is 14.8 Å². The molecular formula is C32H26Cl2N4O3S. The first-order valence-corrected chi connectivity index (χ1v) is 14.7. The molecule has 2 N–H and O–H groups in total. The molecule has 0 aliphatic rings. The van der Waals surface area contributed by atoms with Gasteiger partial charge in [-0.1, -0.05) is 71.7 Å². The predicted octanol–water partition coefficient (Wildman–Crippen LogP) is 8.60. The fourth-order valence-electron chi connectivity index (χ4n) is 3.96. The summed E-state index contributed by atoms with van der Waals surface area (Å²) in [4.78, 5) is 17.3. The van der Waals surface area contributed by atoms with Crippen LogP contribution in [0.25, 0.3) is 11.3 Å². The molecule has 42 heavy (non-hydrogen) atoms. The zero-order chi connectivity index (χ0) is 29.3. The van der Waals surface area contributed by atoms with E-state index in [2.05, 4.69) is 20.8 Å². The quantitative estimate of drug-likeness (QED) is 0.115. The normalized spacial score (nSPS) is 10.9. The van der Waals surface area contributed by atoms with Crippen LogP contribution in [0.15, 0.2) is 101 Å². The van der Waals surface area contributed by atoms with E-state index in [4.69, 9.17) is 32.7 Å². The van der Waals surface area contributed by atoms with Crippen molar-refractivity contribution in [1.82, 2.24) is 10.4 Å². The van der Waals surface area contributed by atoms with E-state index in [-0.39, 0.29) is 12.5 Å². The third-order valence-electron chi connectivity index (χ3n) is 6.01. The second-order valence-corrected chi connectivity index (χ2v) is 10.6. The van der Waals surface area contributed by atoms with Crippen LogP contribution < -0.4 is 20.2 Å². The molecule has 0 fully saturated rings. The second-order valence-electron chi connectivity index (χ2n) is 8.95. The fourth-order valence-corrected chi connectivity index (χ4v) is 5.17. The average molecular weight is 618 g/mol. The highest BCUT2D eigenvalue weighted by Gasteiger charge is 2.14. The number of thiazole rings is 1. The Labute approximate surface area is 257 Å². The number of hydrogen-bond acceptors (Lipinski definition) is 7. The number of halogens is 2. The number of hydrogen-bond donors (Lipinski definition) is 2. The maximum Gasteiger partial charge on any atom is 0.271 e. The molecule has 1 heterocycles. The SMILES string of the molecule is CCOc1cc(/C=N\NC(=O)c2ccc(-c3csc(Nc4ccccc4)n3)cc2)cc(Cl)c1OCc1ccccc1Cl. The first kappa shape index (κ1) is 29.1. The summed E-state index contributed by atoms with van der Waals surface area (Å²) < 4.78 is 11.7. The lowest BCUT2D eigenvalue weighted by molar-refractivity contribution is 0.0955. The van der Waals surface area contributed by atoms with Crippen molar-refractivity contribution in [3.8, 4) is 22.8 Å². The van der Waals surface area contributed by atoms with E-state index < -0.39 is 0 Å². The summed E-state index contributed by atoms with van der Waals surface area (Å²) in [7, 11) is 0. The lowest BCUT2D eigenvalue weighted by Crippen LogP contribution is -2.17. The Balaban J connectivity index is 1.20. The summed E-state index contributed by atoms with van der Waals surface area (Å²) in [6.45, 7) is 2.51. The monoisotopic (exact) mass is 616 g/mol. The molecule has 0 aliphatic carbocycles. The Morgan fingerprint density at radius 2 is 1.71 bits per heavy atom. The number of nitrogens with zero attached hydrogens (tertiary/aromatic N) is 2. The number of hydrazone groups is 1. The molecule has 0 radical (unpaired) electrons. The standard InChI is InChI=1S/C32H26Cl2N4O3S/c1-2-40-29-17-21(16-27(34)30(29)41-19-24-8-6-7-11-26(24)33)18-35-38-31(39)23-14-12-22(13-15-23)28-20-42-32(37-28)36-25-9-4-3-5-10-25/h3-18,20H,2,19H2,1H3,(H,36,37)(H,38,39)/b35-18-. The summed E-state index contributed by atoms with van der Waals surface area (Å²) >= 11 is 14.3. The maximum atomic E-state index is 12.7. The van der Waals surface area contributed by atoms with Gasteiger partial charge in [-0.15, -0.1) is 11.3 Å². The molecule has 0 saturated heterocycles. The Morgan fingerprint density at radius 1 is 0.952 bits per heavy atom. The van der Waals surface area contributed by atoms with Crippen molar-refractivity contribution >= 4 is 57.5 Å². The number of carbonyl (C=O) groups is 1. The van der Waals surface area contributed by atoms with E-state index >= 15 is 0 Å². The zero-order valence-corrected chi connectivity index (χ0v) is 24.8. The largest absolute Gasteiger partial charge is 0.490 e. The molecule has 212 valence electrons. The lowest BCUT2D eigenvalue weighted by atomic mass is 10.1. The third kappa shape index (κ3) is 7.47. The van der Waals surface area contributed by atoms with Crippen LogP contribution in [0.3, 0.4) is 0 Å². The predicted molar refractivity (Wildman–Crippen MR) is 171 cm³/mol. The van der Waals surface area contributed by atoms with Crippen molar-refractivity contribution in [2.24, 2.45) is 5.10 Å². The Morgan fingerprint density at radius 3 is 2.48 bits per heavy atom. The summed E-state index contributed by atoms with van der Waals surface area (Å²) in [6.07, 6.45) is 1.50. The van der Waals surface area contributed by atoms with Crippen molar-refractivity contribution in [3.05, 3.63) is 123 Å². The van der Waals surface area contributed by atoms with Crippen molar-refractivity contribution < 1.29 is 14.3 Å². The molecule has 10 heteroatoms. The van der Waals surface area contributed by atoms with Gasteiger partial charge in [-0.3, -0.25) is 4.79 Å². The molecule has 7 nitrogen and oxygen atoms in total. The van der Waals surface area contributed by atoms with E-state index in [1.54, 1.807) is 30.3 Å². The minimum atomic E-state index is -0.349. The number of aromatic nitrogens is 1. The van der Waals surface area contributed by atoms with E-state index in [0.29, 0.717) is 39.3 Å². The highest BCUT2D eigenvalue weighted by atomic mass is 35.5. The number of nitrogens with one attached hydrogen (secondary N) is 2. The van der Waals surface area contributed by atoms with Gasteiger partial charge in [-0.25, -0.2) is 10.4 Å². The number of rotatable bonds is 11. The molecule has 0 unspecified atom stereocenters. The smallest absolute Gasteiger partial charge is 0.271 e. The molecule has 0 bridgehead atoms. The topological polar surface area (TPSA) is 84.8 Å². The summed E-state index contributed by atoms with van der Waals surface area (Å²) in [6, 6.07) is 27.9. The number of para-hydroxylation sites is 1. The van der Waals surface area contributed by atoms with Crippen LogP contribution in [0.2, 0.25) is 10.0 Å². The number of amides is 1. The van der Waals surface area contributed by atoms with Gasteiger partial charge in [0.1, 0.15) is 6.61 Å². The number of anilines is 2. The van der Waals surface area contributed by atoms with Gasteiger partial charge in [-0.05, 0) is 55.0 Å². The van der Waals surface area contributed by atoms with Gasteiger partial charge in [0.05, 0.1) is 23.5 Å². The van der Waals surface area contributed by atoms with Crippen LogP contribution in [0.4, 0.5) is 10.8 Å². The van der Waals surface area contributed by atoms with Gasteiger partial charge in [0, 0.05) is 32.8 Å². The molecular weight excluding hydrogens is 591 g/mol. The van der Waals surface area contributed by atoms with Gasteiger partial charge >= 0.3 is 0 Å². The highest BCUT2D eigenvalue weighted by molar-refractivity contribution is 7.14. The van der Waals surface area contributed by atoms with Crippen LogP contribution in [-0.2, 0) is 6.61 Å². The van der Waals surface area contributed by atoms with Gasteiger partial charge in [-0.2, -0.15) is 5.10 Å². The van der Waals surface area contributed by atoms with Crippen LogP contribution in [0, 0.1) is 0 Å². The average Bonchev–Trinajstić information content (AvgIpc) is 3.47. The number of carbonyl (C=O) groups excluding carboxylic acids is 1. The molecule has 5 rings (SSSR count). The van der Waals surface area contributed by atoms with Crippen molar-refractivity contribution in [1.29, 1.82) is 0 Å². The molecule has 0 atom stereocenters. The van der Waals surface area contributed by atoms with Crippen LogP contribution in [0.5, 0.6) is 11.5 Å². The first-order valence-electron chi connectivity index (χ1n) is 13.0. The van der Waals surface area contributed by atoms with E-state index in [9.17, 15) is 4.79 Å². The van der Waals surface area contributed by atoms with Crippen molar-refractivity contribution in [2.75, 3.05) is 11.9 Å². The Kier molecular flexibility index (Phi) is 9.71. The molecule has 0 spiro atoms. The minimum absolute atomic E-state index is 0.232. The van der Waals surface area contributed by atoms with Gasteiger partial charge in [0.2, 0.25) is 0 Å². The van der Waals surface area contributed by atoms with Gasteiger partial charge in [0.25, 0.3) is 5.91 Å². The molecule has 5 aromatic rings. The fraction of sp³-hybridized carbons (Fsp3) is 0.0938. The van der Waals surface area contributed by atoms with Crippen LogP contribution >= 0.6 is 34.5 Å². The van der Waals surface area contributed by atoms with Gasteiger partial charge in [0.15, 0.2) is 16.6 Å². The van der Waals surface area contributed by atoms with Crippen molar-refractivity contribution in [2.45, 2.75) is 13.5 Å². The Bertz CT molecular complexity index is 1690. The molecule has 1 amide bonds. The summed E-state index contributed by atoms with van der Waals surface area (Å²) in [5.41, 5.74) is 7.18. The molecule has 4 aromatic carbocycles. The van der Waals surface area contributed by atoms with E-state index in [1.807, 2.05) is 73.0 Å². The molecule has 0 saturated carbocycles. The number of benzene rings is 4. The zero-order valence-electron chi connectivity index (χ0n) is 22.5. The van der Waals surface area contributed by atoms with E-state index in [0.717, 1.165) is 27.6 Å². The number of ether oxygens (including phenoxy) is 2. The second kappa shape index (κ2) is 14.0. The van der Waals surface area contributed by atoms with Crippen LogP contribution in [0.1, 0.15) is 28.4 Å². The third-order valence-corrected chi connectivity index (χ3v) is 7.42. The first-order chi connectivity index (χ1) is 20.5. The Hall–Kier alpha value is -4.37. The molecule has 0 aliphatic heterocycles. The highest BCUT2D eigenvalue weighted by Crippen LogP contribution is 2.37. The van der Waals surface area contributed by atoms with Crippen molar-refractivity contribution in [3.63, 3.8) is 0 Å². The lowest BCUT2D eigenvalue weighted by Gasteiger charge is -2.15. The van der Waals surface area contributed by atoms with Crippen LogP contribution in [-0.4, -0.2) is 23.7 Å².